The Bertz CT molecular complexity index is 713. The number of nitrogens with zero attached hydrogens (tertiary/aromatic N) is 5. The quantitative estimate of drug-likeness (QED) is 0.691. The van der Waals surface area contributed by atoms with E-state index in [1.165, 1.54) is 17.5 Å². The minimum absolute atomic E-state index is 0.260. The fraction of sp³-hybridized carbons (Fsp3) is 0.385. The first-order valence-electron chi connectivity index (χ1n) is 6.61. The van der Waals surface area contributed by atoms with Gasteiger partial charge in [0.2, 0.25) is 5.16 Å². The molecule has 0 N–H and O–H groups in total. The number of rotatable bonds is 4. The second-order valence-corrected chi connectivity index (χ2v) is 7.29. The lowest BCUT2D eigenvalue weighted by molar-refractivity contribution is 0.565. The van der Waals surface area contributed by atoms with Crippen LogP contribution in [0.1, 0.15) is 36.1 Å². The summed E-state index contributed by atoms with van der Waals surface area (Å²) in [5.41, 5.74) is 1.07. The molecule has 1 fully saturated rings. The van der Waals surface area contributed by atoms with E-state index in [2.05, 4.69) is 40.6 Å². The Balaban J connectivity index is 1.60. The van der Waals surface area contributed by atoms with Gasteiger partial charge in [-0.2, -0.15) is 0 Å². The van der Waals surface area contributed by atoms with E-state index in [9.17, 15) is 0 Å². The van der Waals surface area contributed by atoms with E-state index in [1.54, 1.807) is 23.1 Å². The maximum Gasteiger partial charge on any atom is 0.210 e. The number of thioether (sulfide) groups is 1. The van der Waals surface area contributed by atoms with Crippen LogP contribution in [-0.2, 0) is 0 Å². The number of hydrogen-bond acceptors (Lipinski definition) is 6. The summed E-state index contributed by atoms with van der Waals surface area (Å²) in [5.74, 6) is 0. The predicted octanol–water partition coefficient (Wildman–Crippen LogP) is 3.47. The van der Waals surface area contributed by atoms with Crippen LogP contribution in [0.5, 0.6) is 0 Å². The van der Waals surface area contributed by atoms with Crippen molar-refractivity contribution in [3.8, 4) is 0 Å². The van der Waals surface area contributed by atoms with Crippen LogP contribution in [0, 0.1) is 0 Å². The zero-order valence-corrected chi connectivity index (χ0v) is 12.6. The summed E-state index contributed by atoms with van der Waals surface area (Å²) in [4.78, 5) is 4.70. The van der Waals surface area contributed by atoms with Gasteiger partial charge in [-0.3, -0.25) is 0 Å². The molecule has 1 atom stereocenters. The predicted molar refractivity (Wildman–Crippen MR) is 80.0 cm³/mol. The first-order chi connectivity index (χ1) is 9.81. The van der Waals surface area contributed by atoms with Crippen molar-refractivity contribution in [2.45, 2.75) is 36.2 Å². The maximum absolute atomic E-state index is 4.70. The van der Waals surface area contributed by atoms with Crippen LogP contribution in [0.15, 0.2) is 29.4 Å². The molecule has 7 heteroatoms. The number of benzene rings is 1. The number of aromatic nitrogens is 5. The van der Waals surface area contributed by atoms with E-state index in [-0.39, 0.29) is 5.25 Å². The van der Waals surface area contributed by atoms with Gasteiger partial charge in [0.1, 0.15) is 5.01 Å². The van der Waals surface area contributed by atoms with Crippen LogP contribution in [-0.4, -0.2) is 25.2 Å². The molecule has 5 nitrogen and oxygen atoms in total. The molecule has 0 radical (unpaired) electrons. The minimum atomic E-state index is 0.260. The Hall–Kier alpha value is -1.47. The van der Waals surface area contributed by atoms with E-state index in [1.807, 2.05) is 10.7 Å². The van der Waals surface area contributed by atoms with Gasteiger partial charge in [0, 0.05) is 0 Å². The summed E-state index contributed by atoms with van der Waals surface area (Å²) in [5, 5.41) is 14.3. The van der Waals surface area contributed by atoms with Crippen molar-refractivity contribution < 1.29 is 0 Å². The second kappa shape index (κ2) is 4.82. The molecular formula is C13H13N5S2. The molecule has 0 bridgehead atoms. The average molecular weight is 303 g/mol. The third kappa shape index (κ3) is 2.20. The summed E-state index contributed by atoms with van der Waals surface area (Å²) in [6.45, 7) is 2.16. The molecule has 2 aromatic heterocycles. The number of hydrogen-bond donors (Lipinski definition) is 0. The maximum atomic E-state index is 4.70. The SMILES string of the molecule is C[C@H](Sc1nnnn1C1CC1)c1nc2ccccc2s1. The lowest BCUT2D eigenvalue weighted by Gasteiger charge is -2.07. The van der Waals surface area contributed by atoms with Crippen LogP contribution >= 0.6 is 23.1 Å². The average Bonchev–Trinajstić information content (AvgIpc) is 3.04. The fourth-order valence-electron chi connectivity index (χ4n) is 2.08. The number of tetrazole rings is 1. The molecule has 0 unspecified atom stereocenters. The highest BCUT2D eigenvalue weighted by Crippen LogP contribution is 2.41. The van der Waals surface area contributed by atoms with Crippen molar-refractivity contribution in [1.29, 1.82) is 0 Å². The Kier molecular flexibility index (Phi) is 2.96. The smallest absolute Gasteiger partial charge is 0.210 e. The van der Waals surface area contributed by atoms with Gasteiger partial charge in [0.05, 0.1) is 21.5 Å². The normalized spacial score (nSPS) is 16.6. The molecule has 2 heterocycles. The molecule has 3 aromatic rings. The highest BCUT2D eigenvalue weighted by Gasteiger charge is 2.29. The van der Waals surface area contributed by atoms with Crippen molar-refractivity contribution in [1.82, 2.24) is 25.2 Å². The van der Waals surface area contributed by atoms with Crippen molar-refractivity contribution in [2.75, 3.05) is 0 Å². The van der Waals surface area contributed by atoms with Gasteiger partial charge in [0.25, 0.3) is 0 Å². The largest absolute Gasteiger partial charge is 0.240 e. The summed E-state index contributed by atoms with van der Waals surface area (Å²) in [7, 11) is 0. The fourth-order valence-corrected chi connectivity index (χ4v) is 4.12. The molecule has 102 valence electrons. The number of thiazole rings is 1. The van der Waals surface area contributed by atoms with E-state index in [4.69, 9.17) is 4.98 Å². The first kappa shape index (κ1) is 12.3. The molecule has 1 aliphatic carbocycles. The molecule has 1 aromatic carbocycles. The molecule has 20 heavy (non-hydrogen) atoms. The van der Waals surface area contributed by atoms with Gasteiger partial charge in [-0.1, -0.05) is 23.9 Å². The van der Waals surface area contributed by atoms with Crippen molar-refractivity contribution in [3.05, 3.63) is 29.3 Å². The van der Waals surface area contributed by atoms with Gasteiger partial charge in [-0.15, -0.1) is 16.4 Å². The van der Waals surface area contributed by atoms with Gasteiger partial charge in [-0.05, 0) is 42.3 Å². The Labute approximate surface area is 124 Å². The van der Waals surface area contributed by atoms with Crippen LogP contribution in [0.3, 0.4) is 0 Å². The summed E-state index contributed by atoms with van der Waals surface area (Å²) < 4.78 is 3.19. The van der Waals surface area contributed by atoms with Crippen molar-refractivity contribution >= 4 is 33.3 Å². The third-order valence-electron chi connectivity index (χ3n) is 3.30. The van der Waals surface area contributed by atoms with Gasteiger partial charge < -0.3 is 0 Å². The first-order valence-corrected chi connectivity index (χ1v) is 8.31. The lowest BCUT2D eigenvalue weighted by atomic mass is 10.3. The molecule has 4 rings (SSSR count). The van der Waals surface area contributed by atoms with E-state index in [0.29, 0.717) is 6.04 Å². The van der Waals surface area contributed by atoms with Gasteiger partial charge in [0.15, 0.2) is 0 Å². The van der Waals surface area contributed by atoms with Crippen LogP contribution < -0.4 is 0 Å². The second-order valence-electron chi connectivity index (χ2n) is 4.92. The van der Waals surface area contributed by atoms with Crippen molar-refractivity contribution in [3.63, 3.8) is 0 Å². The van der Waals surface area contributed by atoms with E-state index in [0.717, 1.165) is 15.7 Å². The monoisotopic (exact) mass is 303 g/mol. The van der Waals surface area contributed by atoms with Gasteiger partial charge >= 0.3 is 0 Å². The highest BCUT2D eigenvalue weighted by molar-refractivity contribution is 7.99. The van der Waals surface area contributed by atoms with Crippen LogP contribution in [0.25, 0.3) is 10.2 Å². The summed E-state index contributed by atoms with van der Waals surface area (Å²) in [6, 6.07) is 8.76. The zero-order chi connectivity index (χ0) is 13.5. The van der Waals surface area contributed by atoms with Crippen LogP contribution in [0.2, 0.25) is 0 Å². The molecule has 0 amide bonds. The van der Waals surface area contributed by atoms with Crippen LogP contribution in [0.4, 0.5) is 0 Å². The van der Waals surface area contributed by atoms with Gasteiger partial charge in [-0.25, -0.2) is 9.67 Å². The summed E-state index contributed by atoms with van der Waals surface area (Å²) >= 11 is 3.44. The number of para-hydroxylation sites is 1. The third-order valence-corrected chi connectivity index (χ3v) is 5.72. The molecular weight excluding hydrogens is 290 g/mol. The molecule has 0 aliphatic heterocycles. The minimum Gasteiger partial charge on any atom is -0.240 e. The molecule has 0 saturated heterocycles. The Morgan fingerprint density at radius 2 is 2.20 bits per heavy atom. The molecule has 1 aliphatic rings. The lowest BCUT2D eigenvalue weighted by Crippen LogP contribution is -2.00. The standard InChI is InChI=1S/C13H13N5S2/c1-8(12-14-10-4-2-3-5-11(10)20-12)19-13-15-16-17-18(13)9-6-7-9/h2-5,8-9H,6-7H2,1H3/t8-/m0/s1. The Morgan fingerprint density at radius 1 is 1.35 bits per heavy atom. The topological polar surface area (TPSA) is 56.5 Å². The van der Waals surface area contributed by atoms with Crippen molar-refractivity contribution in [2.24, 2.45) is 0 Å². The number of fused-ring (bicyclic) bond motifs is 1. The van der Waals surface area contributed by atoms with E-state index >= 15 is 0 Å². The Morgan fingerprint density at radius 3 is 3.00 bits per heavy atom. The zero-order valence-electron chi connectivity index (χ0n) is 10.9. The molecule has 0 spiro atoms. The molecule has 1 saturated carbocycles. The highest BCUT2D eigenvalue weighted by atomic mass is 32.2. The summed E-state index contributed by atoms with van der Waals surface area (Å²) in [6.07, 6.45) is 2.38. The van der Waals surface area contributed by atoms with E-state index < -0.39 is 0 Å².